The number of esters is 1. The van der Waals surface area contributed by atoms with Crippen molar-refractivity contribution in [3.8, 4) is 0 Å². The summed E-state index contributed by atoms with van der Waals surface area (Å²) in [5.74, 6) is -0.701. The van der Waals surface area contributed by atoms with Gasteiger partial charge in [-0.05, 0) is 57.3 Å². The summed E-state index contributed by atoms with van der Waals surface area (Å²) in [6, 6.07) is 6.02. The summed E-state index contributed by atoms with van der Waals surface area (Å²) in [4.78, 5) is 39.6. The number of carboxylic acid groups (broad SMARTS) is 1. The average molecular weight is 625 g/mol. The topological polar surface area (TPSA) is 108 Å². The van der Waals surface area contributed by atoms with Crippen LogP contribution in [0.5, 0.6) is 0 Å². The number of aliphatic carboxylic acids is 1. The number of amides is 1. The zero-order valence-corrected chi connectivity index (χ0v) is 23.6. The normalized spacial score (nSPS) is 19.1. The minimum absolute atomic E-state index is 0. The summed E-state index contributed by atoms with van der Waals surface area (Å²) in [7, 11) is 0. The maximum absolute atomic E-state index is 13.3. The van der Waals surface area contributed by atoms with E-state index in [4.69, 9.17) is 4.74 Å². The van der Waals surface area contributed by atoms with Gasteiger partial charge in [0.05, 0.1) is 18.3 Å². The van der Waals surface area contributed by atoms with Crippen molar-refractivity contribution in [2.24, 2.45) is 5.92 Å². The van der Waals surface area contributed by atoms with E-state index in [9.17, 15) is 19.5 Å². The third kappa shape index (κ3) is 8.82. The minimum atomic E-state index is -1.08. The molecular weight excluding hydrogens is 590 g/mol. The lowest BCUT2D eigenvalue weighted by molar-refractivity contribution is -0.146. The third-order valence-electron chi connectivity index (χ3n) is 5.96. The number of hydrogen-bond donors (Lipinski definition) is 3. The molecule has 34 heavy (non-hydrogen) atoms. The maximum atomic E-state index is 13.3. The zero-order chi connectivity index (χ0) is 22.9. The number of carbonyl (C=O) groups excluding carboxylic acids is 2. The quantitative estimate of drug-likeness (QED) is 0.340. The predicted molar refractivity (Wildman–Crippen MR) is 145 cm³/mol. The van der Waals surface area contributed by atoms with Crippen molar-refractivity contribution >= 4 is 69.3 Å². The van der Waals surface area contributed by atoms with E-state index in [1.165, 1.54) is 16.7 Å². The molecule has 2 atom stereocenters. The molecule has 0 saturated carbocycles. The number of nitrogens with zero attached hydrogens (tertiary/aromatic N) is 1. The van der Waals surface area contributed by atoms with Gasteiger partial charge < -0.3 is 15.2 Å². The minimum Gasteiger partial charge on any atom is -0.480 e. The Balaban J connectivity index is 0.00000289. The molecule has 0 radical (unpaired) electrons. The van der Waals surface area contributed by atoms with E-state index >= 15 is 0 Å². The van der Waals surface area contributed by atoms with Gasteiger partial charge in [-0.25, -0.2) is 0 Å². The number of para-hydroxylation sites is 1. The van der Waals surface area contributed by atoms with Crippen LogP contribution in [0.3, 0.4) is 0 Å². The van der Waals surface area contributed by atoms with Crippen molar-refractivity contribution in [1.29, 1.82) is 0 Å². The molecule has 0 aromatic heterocycles. The SMILES string of the molecule is Br.Br.CCOC(=O)[C@@H](CCCC1CCNCC1)N[C@H]1CSc2ccccc2N(CC(=O)O)C1=O. The van der Waals surface area contributed by atoms with Gasteiger partial charge >= 0.3 is 11.9 Å². The van der Waals surface area contributed by atoms with Crippen LogP contribution in [0.2, 0.25) is 0 Å². The number of anilines is 1. The van der Waals surface area contributed by atoms with Gasteiger partial charge in [-0.15, -0.1) is 45.7 Å². The Bertz CT molecular complexity index is 811. The lowest BCUT2D eigenvalue weighted by atomic mass is 9.91. The maximum Gasteiger partial charge on any atom is 0.323 e. The fourth-order valence-corrected chi connectivity index (χ4v) is 5.39. The smallest absolute Gasteiger partial charge is 0.323 e. The van der Waals surface area contributed by atoms with Gasteiger partial charge in [0.1, 0.15) is 12.6 Å². The van der Waals surface area contributed by atoms with Crippen LogP contribution in [0.25, 0.3) is 0 Å². The molecule has 2 aliphatic rings. The summed E-state index contributed by atoms with van der Waals surface area (Å²) >= 11 is 1.49. The fraction of sp³-hybridized carbons (Fsp3) is 0.609. The Labute approximate surface area is 226 Å². The molecule has 0 bridgehead atoms. The molecule has 0 aliphatic carbocycles. The Hall–Kier alpha value is -1.14. The summed E-state index contributed by atoms with van der Waals surface area (Å²) in [6.07, 6.45) is 4.80. The van der Waals surface area contributed by atoms with Gasteiger partial charge in [-0.2, -0.15) is 0 Å². The number of thioether (sulfide) groups is 1. The second kappa shape index (κ2) is 15.8. The Morgan fingerprint density at radius 2 is 1.97 bits per heavy atom. The average Bonchev–Trinajstić information content (AvgIpc) is 2.91. The molecule has 0 unspecified atom stereocenters. The number of ether oxygens (including phenoxy) is 1. The van der Waals surface area contributed by atoms with Crippen LogP contribution >= 0.6 is 45.7 Å². The molecule has 0 spiro atoms. The number of benzene rings is 1. The zero-order valence-electron chi connectivity index (χ0n) is 19.4. The van der Waals surface area contributed by atoms with Crippen molar-refractivity contribution in [2.75, 3.05) is 36.9 Å². The van der Waals surface area contributed by atoms with E-state index < -0.39 is 24.6 Å². The highest BCUT2D eigenvalue weighted by Crippen LogP contribution is 2.34. The largest absolute Gasteiger partial charge is 0.480 e. The molecule has 1 aromatic carbocycles. The number of carboxylic acids is 1. The number of piperidine rings is 1. The van der Waals surface area contributed by atoms with Gasteiger partial charge in [-0.3, -0.25) is 24.6 Å². The number of halogens is 2. The van der Waals surface area contributed by atoms with E-state index in [0.29, 0.717) is 23.8 Å². The van der Waals surface area contributed by atoms with Crippen LogP contribution in [0.4, 0.5) is 5.69 Å². The first kappa shape index (κ1) is 30.9. The second-order valence-electron chi connectivity index (χ2n) is 8.25. The van der Waals surface area contributed by atoms with E-state index in [2.05, 4.69) is 10.6 Å². The molecule has 8 nitrogen and oxygen atoms in total. The van der Waals surface area contributed by atoms with Crippen LogP contribution in [0, 0.1) is 5.92 Å². The monoisotopic (exact) mass is 623 g/mol. The lowest BCUT2D eigenvalue weighted by Gasteiger charge is -2.27. The number of carbonyl (C=O) groups is 3. The summed E-state index contributed by atoms with van der Waals surface area (Å²) in [5.41, 5.74) is 0.591. The van der Waals surface area contributed by atoms with Crippen LogP contribution in [0.1, 0.15) is 39.0 Å². The first-order valence-corrected chi connectivity index (χ1v) is 12.4. The van der Waals surface area contributed by atoms with Crippen molar-refractivity contribution in [3.63, 3.8) is 0 Å². The Morgan fingerprint density at radius 3 is 2.65 bits per heavy atom. The van der Waals surface area contributed by atoms with E-state index in [0.717, 1.165) is 43.7 Å². The number of nitrogens with one attached hydrogen (secondary N) is 2. The summed E-state index contributed by atoms with van der Waals surface area (Å²) in [5, 5.41) is 15.9. The standard InChI is InChI=1S/C23H33N3O5S.2BrH/c1-2-31-23(30)17(7-5-6-16-10-12-24-13-11-16)25-18-15-32-20-9-4-3-8-19(20)26(22(18)29)14-21(27)28;;/h3-4,8-9,16-18,24-25H,2,5-7,10-15H2,1H3,(H,27,28);2*1H/t17-,18+;;/m1../s1. The van der Waals surface area contributed by atoms with Gasteiger partial charge in [-0.1, -0.05) is 25.0 Å². The van der Waals surface area contributed by atoms with Crippen molar-refractivity contribution in [2.45, 2.75) is 56.0 Å². The van der Waals surface area contributed by atoms with Crippen LogP contribution < -0.4 is 15.5 Å². The molecule has 1 amide bonds. The fourth-order valence-electron chi connectivity index (χ4n) is 4.31. The first-order chi connectivity index (χ1) is 15.5. The van der Waals surface area contributed by atoms with Crippen molar-refractivity contribution in [1.82, 2.24) is 10.6 Å². The second-order valence-corrected chi connectivity index (χ2v) is 9.31. The molecular formula is C23H35Br2N3O5S. The molecule has 192 valence electrons. The predicted octanol–water partition coefficient (Wildman–Crippen LogP) is 3.43. The third-order valence-corrected chi connectivity index (χ3v) is 7.11. The highest BCUT2D eigenvalue weighted by atomic mass is 79.9. The number of rotatable bonds is 10. The first-order valence-electron chi connectivity index (χ1n) is 11.4. The molecule has 1 aromatic rings. The number of hydrogen-bond acceptors (Lipinski definition) is 7. The van der Waals surface area contributed by atoms with Crippen LogP contribution in [-0.4, -0.2) is 67.0 Å². The summed E-state index contributed by atoms with van der Waals surface area (Å²) in [6.45, 7) is 3.70. The van der Waals surface area contributed by atoms with Gasteiger partial charge in [0.25, 0.3) is 0 Å². The van der Waals surface area contributed by atoms with E-state index in [-0.39, 0.29) is 52.4 Å². The number of fused-ring (bicyclic) bond motifs is 1. The van der Waals surface area contributed by atoms with Gasteiger partial charge in [0.2, 0.25) is 5.91 Å². The molecule has 3 N–H and O–H groups in total. The Kier molecular flexibility index (Phi) is 14.3. The van der Waals surface area contributed by atoms with Gasteiger partial charge in [0, 0.05) is 10.6 Å². The molecule has 1 fully saturated rings. The van der Waals surface area contributed by atoms with Gasteiger partial charge in [0.15, 0.2) is 0 Å². The van der Waals surface area contributed by atoms with Crippen LogP contribution in [-0.2, 0) is 19.1 Å². The van der Waals surface area contributed by atoms with Crippen molar-refractivity contribution < 1.29 is 24.2 Å². The highest BCUT2D eigenvalue weighted by Gasteiger charge is 2.35. The molecule has 1 saturated heterocycles. The molecule has 2 heterocycles. The lowest BCUT2D eigenvalue weighted by Crippen LogP contribution is -2.54. The van der Waals surface area contributed by atoms with Crippen molar-refractivity contribution in [3.05, 3.63) is 24.3 Å². The Morgan fingerprint density at radius 1 is 1.26 bits per heavy atom. The van der Waals surface area contributed by atoms with E-state index in [1.807, 2.05) is 12.1 Å². The molecule has 11 heteroatoms. The highest BCUT2D eigenvalue weighted by molar-refractivity contribution is 8.93. The van der Waals surface area contributed by atoms with Crippen LogP contribution in [0.15, 0.2) is 29.2 Å². The van der Waals surface area contributed by atoms with E-state index in [1.54, 1.807) is 19.1 Å². The molecule has 2 aliphatic heterocycles. The summed E-state index contributed by atoms with van der Waals surface area (Å²) < 4.78 is 5.27. The molecule has 3 rings (SSSR count).